The number of allylic oxidation sites excluding steroid dienone is 3. The van der Waals surface area contributed by atoms with Crippen molar-refractivity contribution >= 4 is 70.3 Å². The van der Waals surface area contributed by atoms with Crippen molar-refractivity contribution in [2.75, 3.05) is 20.3 Å². The fourth-order valence-corrected chi connectivity index (χ4v) is 11.0. The third-order valence-electron chi connectivity index (χ3n) is 15.0. The first-order chi connectivity index (χ1) is 31.5. The van der Waals surface area contributed by atoms with Gasteiger partial charge in [-0.25, -0.2) is 0 Å². The summed E-state index contributed by atoms with van der Waals surface area (Å²) in [6.45, 7) is 20.8. The molecule has 362 valence electrons. The Morgan fingerprint density at radius 2 is 1.45 bits per heavy atom. The molecule has 0 aromatic carbocycles. The normalized spacial score (nSPS) is 25.3. The van der Waals surface area contributed by atoms with Gasteiger partial charge in [0.15, 0.2) is 5.78 Å². The number of nitrogens with zero attached hydrogens (tertiary/aromatic N) is 4. The summed E-state index contributed by atoms with van der Waals surface area (Å²) < 4.78 is 11.1. The van der Waals surface area contributed by atoms with Gasteiger partial charge in [-0.05, 0) is 94.5 Å². The minimum Gasteiger partial charge on any atom is -0.681 e. The Labute approximate surface area is 416 Å². The number of aliphatic hydroxyl groups excluding tert-OH is 2. The van der Waals surface area contributed by atoms with Crippen LogP contribution in [0.25, 0.3) is 40.2 Å². The molecule has 11 nitrogen and oxygen atoms in total. The number of aromatic nitrogens is 2. The minimum atomic E-state index is -1.18. The molecule has 0 amide bonds. The summed E-state index contributed by atoms with van der Waals surface area (Å²) in [5, 5.41) is 34.3. The third kappa shape index (κ3) is 12.2. The fraction of sp³-hybridized carbons (Fsp3) is 0.618. The molecule has 67 heavy (non-hydrogen) atoms. The van der Waals surface area contributed by atoms with Crippen molar-refractivity contribution in [1.29, 1.82) is 0 Å². The number of carbonyl (C=O) groups is 3. The van der Waals surface area contributed by atoms with Gasteiger partial charge in [-0.15, -0.1) is 22.4 Å². The molecule has 0 radical (unpaired) electrons. The average Bonchev–Trinajstić information content (AvgIpc) is 4.02. The van der Waals surface area contributed by atoms with E-state index < -0.39 is 29.8 Å². The van der Waals surface area contributed by atoms with Crippen LogP contribution in [0.2, 0.25) is 0 Å². The van der Waals surface area contributed by atoms with Gasteiger partial charge in [0, 0.05) is 23.8 Å². The SMILES string of the molecule is CC[C@H]1/C2=C/c3[n-]c4c(c3C)=C(O)[C@H](C(=O)OC)C=4[C@@H]3[N-]/C(=C\c4[n-]c(c(C(C)=O)c4C)/C=C(\[N-]2)[C@@H]1C)[C@@H](CO)[C@@H]3CCC(=O)OC/C=C(\C)CCC[C@H](C)CCC[C@H](C)CCCC(C)C.[Mg+2]. The number of esters is 2. The minimum absolute atomic E-state index is 0. The van der Waals surface area contributed by atoms with Crippen molar-refractivity contribution in [2.24, 2.45) is 47.3 Å². The second-order valence-electron chi connectivity index (χ2n) is 20.4. The van der Waals surface area contributed by atoms with E-state index in [1.54, 1.807) is 0 Å². The van der Waals surface area contributed by atoms with Crippen LogP contribution in [0, 0.1) is 61.2 Å². The van der Waals surface area contributed by atoms with E-state index in [0.29, 0.717) is 61.5 Å². The van der Waals surface area contributed by atoms with Gasteiger partial charge in [-0.1, -0.05) is 139 Å². The van der Waals surface area contributed by atoms with Crippen molar-refractivity contribution in [3.8, 4) is 0 Å². The first-order valence-electron chi connectivity index (χ1n) is 24.8. The zero-order chi connectivity index (χ0) is 48.0. The van der Waals surface area contributed by atoms with Gasteiger partial charge >= 0.3 is 35.0 Å². The molecular weight excluding hydrogens is 853 g/mol. The van der Waals surface area contributed by atoms with E-state index in [1.165, 1.54) is 64.6 Å². The number of hydrogen-bond acceptors (Lipinski definition) is 7. The maximum absolute atomic E-state index is 13.7. The summed E-state index contributed by atoms with van der Waals surface area (Å²) in [6.07, 6.45) is 19.9. The van der Waals surface area contributed by atoms with Crippen molar-refractivity contribution in [2.45, 2.75) is 152 Å². The number of fused-ring (bicyclic) bond motifs is 8. The largest absolute Gasteiger partial charge is 2.00 e. The molecular formula is C55H76MgN4O7-2. The summed E-state index contributed by atoms with van der Waals surface area (Å²) in [5.74, 6) is -1.16. The van der Waals surface area contributed by atoms with Gasteiger partial charge in [0.25, 0.3) is 0 Å². The number of rotatable bonds is 21. The molecule has 1 aliphatic carbocycles. The van der Waals surface area contributed by atoms with E-state index in [1.807, 2.05) is 38.2 Å². The van der Waals surface area contributed by atoms with Gasteiger partial charge in [0.05, 0.1) is 7.11 Å². The molecule has 2 aromatic heterocycles. The second kappa shape index (κ2) is 24.0. The molecule has 2 saturated heterocycles. The van der Waals surface area contributed by atoms with Gasteiger partial charge in [-0.2, -0.15) is 17.1 Å². The Balaban J connectivity index is 0.00000840. The number of Topliss-reactive ketones (excluding diaryl/α,β-unsaturated/α-hetero) is 1. The van der Waals surface area contributed by atoms with Crippen LogP contribution < -0.4 is 20.5 Å². The Morgan fingerprint density at radius 1 is 0.821 bits per heavy atom. The van der Waals surface area contributed by atoms with Crippen LogP contribution in [0.15, 0.2) is 28.7 Å². The zero-order valence-electron chi connectivity index (χ0n) is 42.3. The first-order valence-corrected chi connectivity index (χ1v) is 24.8. The van der Waals surface area contributed by atoms with Crippen LogP contribution in [-0.2, 0) is 19.1 Å². The fourth-order valence-electron chi connectivity index (χ4n) is 11.0. The van der Waals surface area contributed by atoms with E-state index in [9.17, 15) is 24.6 Å². The third-order valence-corrected chi connectivity index (χ3v) is 15.0. The maximum atomic E-state index is 13.7. The van der Waals surface area contributed by atoms with Crippen LogP contribution >= 0.6 is 0 Å². The van der Waals surface area contributed by atoms with E-state index >= 15 is 0 Å². The predicted octanol–water partition coefficient (Wildman–Crippen LogP) is 10.1. The summed E-state index contributed by atoms with van der Waals surface area (Å²) in [5.41, 5.74) is 7.41. The maximum Gasteiger partial charge on any atom is 2.00 e. The van der Waals surface area contributed by atoms with Gasteiger partial charge < -0.3 is 40.3 Å². The van der Waals surface area contributed by atoms with E-state index in [0.717, 1.165) is 42.5 Å². The molecule has 8 atom stereocenters. The van der Waals surface area contributed by atoms with Crippen LogP contribution in [0.3, 0.4) is 0 Å². The Hall–Kier alpha value is -4.00. The monoisotopic (exact) mass is 929 g/mol. The van der Waals surface area contributed by atoms with Crippen LogP contribution in [0.4, 0.5) is 0 Å². The summed E-state index contributed by atoms with van der Waals surface area (Å²) in [6, 6.07) is -0.771. The smallest absolute Gasteiger partial charge is 0.681 e. The zero-order valence-corrected chi connectivity index (χ0v) is 43.8. The molecule has 6 rings (SSSR count). The molecule has 0 saturated carbocycles. The average molecular weight is 930 g/mol. The topological polar surface area (TPSA) is 167 Å². The van der Waals surface area contributed by atoms with E-state index in [-0.39, 0.29) is 78.5 Å². The number of ether oxygens (including phenoxy) is 2. The Kier molecular flexibility index (Phi) is 19.3. The molecule has 3 aliphatic heterocycles. The van der Waals surface area contributed by atoms with E-state index in [4.69, 9.17) is 30.1 Å². The molecule has 2 aromatic rings. The molecule has 2 fully saturated rings. The number of hydrogen-bond donors (Lipinski definition) is 2. The molecule has 8 bridgehead atoms. The van der Waals surface area contributed by atoms with Crippen molar-refractivity contribution in [1.82, 2.24) is 9.97 Å². The quantitative estimate of drug-likeness (QED) is 0.0536. The van der Waals surface area contributed by atoms with Gasteiger partial charge in [-0.3, -0.25) is 14.4 Å². The number of carbonyl (C=O) groups excluding carboxylic acids is 3. The van der Waals surface area contributed by atoms with Crippen LogP contribution in [0.5, 0.6) is 0 Å². The van der Waals surface area contributed by atoms with Gasteiger partial charge in [0.2, 0.25) is 0 Å². The molecule has 4 aliphatic rings. The number of ketones is 1. The van der Waals surface area contributed by atoms with Gasteiger partial charge in [0.1, 0.15) is 18.3 Å². The summed E-state index contributed by atoms with van der Waals surface area (Å²) >= 11 is 0. The molecule has 2 N–H and O–H groups in total. The number of aliphatic hydroxyl groups is 2. The van der Waals surface area contributed by atoms with Crippen LogP contribution in [0.1, 0.15) is 171 Å². The summed E-state index contributed by atoms with van der Waals surface area (Å²) in [4.78, 5) is 50.4. The van der Waals surface area contributed by atoms with Crippen LogP contribution in [-0.4, -0.2) is 77.4 Å². The molecule has 12 heteroatoms. The second-order valence-corrected chi connectivity index (χ2v) is 20.4. The van der Waals surface area contributed by atoms with Crippen molar-refractivity contribution in [3.05, 3.63) is 83.7 Å². The molecule has 0 spiro atoms. The summed E-state index contributed by atoms with van der Waals surface area (Å²) in [7, 11) is 1.29. The Bertz CT molecular complexity index is 2360. The van der Waals surface area contributed by atoms with Crippen molar-refractivity contribution in [3.63, 3.8) is 0 Å². The molecule has 0 unspecified atom stereocenters. The number of methoxy groups -OCH3 is 1. The first kappa shape index (κ1) is 53.9. The van der Waals surface area contributed by atoms with Crippen molar-refractivity contribution < 1.29 is 34.1 Å². The van der Waals surface area contributed by atoms with E-state index in [2.05, 4.69) is 48.5 Å². The standard InChI is InChI=1S/C55H77N4O7.Mg/c1-12-38-34(7)41-28-46-48(37(10)61)35(8)42(57-46)26-45-40(29-60)39(52(59-45)50-51(55(64)65-11)54(63)49-36(9)43(58-53(49)50)27-44(38)56-41)22-23-47(62)66-25-24-33(6)21-15-20-32(5)19-14-18-31(4)17-13-16-30(2)3;/h24,26-28,30-32,34,38-40,51-52,60H,12-23,25,29H2,1-11H3,(H2-,56,57,61,63);/q-3;+2/p-1/b33-24+,44-27-,45-26-;/t31-,32-,34-,38-,39+,40+,51-,52-;/m1./s1. The predicted molar refractivity (Wildman–Crippen MR) is 269 cm³/mol. The molecule has 5 heterocycles. The Morgan fingerprint density at radius 3 is 2.07 bits per heavy atom.